The van der Waals surface area contributed by atoms with Crippen molar-refractivity contribution in [2.45, 2.75) is 37.8 Å². The summed E-state index contributed by atoms with van der Waals surface area (Å²) >= 11 is 0. The molecule has 0 radical (unpaired) electrons. The summed E-state index contributed by atoms with van der Waals surface area (Å²) < 4.78 is 7.17. The van der Waals surface area contributed by atoms with Gasteiger partial charge in [-0.05, 0) is 45.0 Å². The lowest BCUT2D eigenvalue weighted by molar-refractivity contribution is 0.123. The molecule has 0 unspecified atom stereocenters. The fourth-order valence-electron chi connectivity index (χ4n) is 4.05. The molecule has 0 bridgehead atoms. The highest BCUT2D eigenvalue weighted by atomic mass is 16.5. The number of likely N-dealkylation sites (tertiary alicyclic amines) is 1. The van der Waals surface area contributed by atoms with E-state index >= 15 is 0 Å². The number of nitrogens with zero attached hydrogens (tertiary/aromatic N) is 3. The largest absolute Gasteiger partial charge is 0.497 e. The summed E-state index contributed by atoms with van der Waals surface area (Å²) in [5, 5.41) is 0.687. The van der Waals surface area contributed by atoms with Crippen LogP contribution in [0.2, 0.25) is 0 Å². The number of aromatic nitrogens is 2. The predicted octanol–water partition coefficient (Wildman–Crippen LogP) is 1.99. The second-order valence-corrected chi connectivity index (χ2v) is 6.40. The Balaban J connectivity index is 1.92. The molecule has 0 N–H and O–H groups in total. The van der Waals surface area contributed by atoms with E-state index in [0.29, 0.717) is 17.3 Å². The lowest BCUT2D eigenvalue weighted by Crippen LogP contribution is -2.47. The average Bonchev–Trinajstić information content (AvgIpc) is 2.55. The summed E-state index contributed by atoms with van der Waals surface area (Å²) in [4.78, 5) is 20.1. The Hall–Kier alpha value is -1.88. The zero-order chi connectivity index (χ0) is 15.3. The summed E-state index contributed by atoms with van der Waals surface area (Å²) in [6.07, 6.45) is 3.33. The topological polar surface area (TPSA) is 47.4 Å². The molecular formula is C17H21N3O2. The van der Waals surface area contributed by atoms with Gasteiger partial charge >= 0.3 is 0 Å². The van der Waals surface area contributed by atoms with Crippen LogP contribution in [0.1, 0.15) is 31.0 Å². The fraction of sp³-hybridized carbons (Fsp3) is 0.529. The molecule has 1 saturated heterocycles. The van der Waals surface area contributed by atoms with E-state index in [9.17, 15) is 4.79 Å². The normalized spacial score (nSPS) is 24.8. The van der Waals surface area contributed by atoms with Crippen LogP contribution in [0, 0.1) is 0 Å². The predicted molar refractivity (Wildman–Crippen MR) is 85.6 cm³/mol. The number of hydrogen-bond acceptors (Lipinski definition) is 4. The molecule has 5 heteroatoms. The van der Waals surface area contributed by atoms with Gasteiger partial charge in [0, 0.05) is 24.6 Å². The van der Waals surface area contributed by atoms with Crippen molar-refractivity contribution in [2.75, 3.05) is 20.7 Å². The first-order chi connectivity index (χ1) is 10.7. The minimum Gasteiger partial charge on any atom is -0.497 e. The number of ether oxygens (including phenoxy) is 1. The smallest absolute Gasteiger partial charge is 0.261 e. The highest BCUT2D eigenvalue weighted by molar-refractivity contribution is 5.79. The Labute approximate surface area is 129 Å². The number of methoxy groups -OCH3 is 1. The number of fused-ring (bicyclic) bond motifs is 4. The van der Waals surface area contributed by atoms with Gasteiger partial charge in [-0.15, -0.1) is 0 Å². The second-order valence-electron chi connectivity index (χ2n) is 6.40. The molecule has 0 amide bonds. The van der Waals surface area contributed by atoms with Gasteiger partial charge < -0.3 is 9.64 Å². The molecule has 2 aromatic rings. The van der Waals surface area contributed by atoms with Gasteiger partial charge in [0.15, 0.2) is 0 Å². The van der Waals surface area contributed by atoms with E-state index in [0.717, 1.165) is 43.0 Å². The van der Waals surface area contributed by atoms with Gasteiger partial charge in [-0.2, -0.15) is 0 Å². The van der Waals surface area contributed by atoms with E-state index in [2.05, 4.69) is 11.9 Å². The monoisotopic (exact) mass is 299 g/mol. The Morgan fingerprint density at radius 1 is 1.27 bits per heavy atom. The first kappa shape index (κ1) is 13.8. The van der Waals surface area contributed by atoms with Crippen LogP contribution in [0.25, 0.3) is 10.9 Å². The summed E-state index contributed by atoms with van der Waals surface area (Å²) in [6, 6.07) is 6.05. The third-order valence-electron chi connectivity index (χ3n) is 5.23. The van der Waals surface area contributed by atoms with Gasteiger partial charge in [0.25, 0.3) is 5.56 Å². The van der Waals surface area contributed by atoms with Crippen molar-refractivity contribution in [3.63, 3.8) is 0 Å². The maximum atomic E-state index is 12.8. The van der Waals surface area contributed by atoms with Gasteiger partial charge in [0.2, 0.25) is 0 Å². The molecule has 116 valence electrons. The standard InChI is InChI=1S/C17H21N3O2/c1-19-8-3-4-13-15(19)7-9-20-16(13)18-14-10-11(22-2)5-6-12(14)17(20)21/h5-6,10,13,15H,3-4,7-9H2,1-2H3/t13-,15+/m0/s1. The van der Waals surface area contributed by atoms with Gasteiger partial charge in [-0.25, -0.2) is 4.98 Å². The Morgan fingerprint density at radius 2 is 2.14 bits per heavy atom. The Bertz CT molecular complexity index is 783. The Morgan fingerprint density at radius 3 is 2.95 bits per heavy atom. The first-order valence-electron chi connectivity index (χ1n) is 7.98. The minimum atomic E-state index is 0.0920. The van der Waals surface area contributed by atoms with Crippen LogP contribution in [-0.2, 0) is 6.54 Å². The summed E-state index contributed by atoms with van der Waals surface area (Å²) in [5.74, 6) is 2.09. The van der Waals surface area contributed by atoms with E-state index in [1.165, 1.54) is 6.42 Å². The SMILES string of the molecule is COc1ccc2c(=O)n3c(nc2c1)[C@H]1CCCN(C)[C@@H]1CC3. The van der Waals surface area contributed by atoms with Gasteiger partial charge in [0.1, 0.15) is 11.6 Å². The summed E-state index contributed by atoms with van der Waals surface area (Å²) in [7, 11) is 3.83. The van der Waals surface area contributed by atoms with Crippen LogP contribution in [0.3, 0.4) is 0 Å². The third kappa shape index (κ3) is 1.96. The highest BCUT2D eigenvalue weighted by Crippen LogP contribution is 2.36. The van der Waals surface area contributed by atoms with E-state index in [-0.39, 0.29) is 5.56 Å². The molecule has 1 fully saturated rings. The fourth-order valence-corrected chi connectivity index (χ4v) is 4.05. The number of hydrogen-bond donors (Lipinski definition) is 0. The number of rotatable bonds is 1. The van der Waals surface area contributed by atoms with Crippen molar-refractivity contribution in [3.05, 3.63) is 34.4 Å². The molecule has 0 aliphatic carbocycles. The number of likely N-dealkylation sites (N-methyl/N-ethyl adjacent to an activating group) is 1. The number of piperidine rings is 1. The van der Waals surface area contributed by atoms with Crippen molar-refractivity contribution in [2.24, 2.45) is 0 Å². The molecule has 2 aliphatic heterocycles. The van der Waals surface area contributed by atoms with Crippen LogP contribution in [0.15, 0.2) is 23.0 Å². The quantitative estimate of drug-likeness (QED) is 0.808. The lowest BCUT2D eigenvalue weighted by atomic mass is 9.84. The van der Waals surface area contributed by atoms with Crippen molar-refractivity contribution in [1.29, 1.82) is 0 Å². The average molecular weight is 299 g/mol. The van der Waals surface area contributed by atoms with Crippen molar-refractivity contribution >= 4 is 10.9 Å². The van der Waals surface area contributed by atoms with Crippen LogP contribution >= 0.6 is 0 Å². The van der Waals surface area contributed by atoms with E-state index in [1.807, 2.05) is 22.8 Å². The molecule has 1 aromatic heterocycles. The van der Waals surface area contributed by atoms with Crippen LogP contribution in [-0.4, -0.2) is 41.2 Å². The number of benzene rings is 1. The second kappa shape index (κ2) is 5.09. The van der Waals surface area contributed by atoms with Crippen molar-refractivity contribution in [3.8, 4) is 5.75 Å². The van der Waals surface area contributed by atoms with E-state index < -0.39 is 0 Å². The molecule has 1 aromatic carbocycles. The summed E-state index contributed by atoms with van der Waals surface area (Å²) in [6.45, 7) is 1.92. The van der Waals surface area contributed by atoms with E-state index in [1.54, 1.807) is 7.11 Å². The molecule has 2 atom stereocenters. The van der Waals surface area contributed by atoms with Crippen molar-refractivity contribution < 1.29 is 4.74 Å². The zero-order valence-corrected chi connectivity index (χ0v) is 13.1. The maximum Gasteiger partial charge on any atom is 0.261 e. The third-order valence-corrected chi connectivity index (χ3v) is 5.23. The molecule has 3 heterocycles. The molecule has 0 spiro atoms. The lowest BCUT2D eigenvalue weighted by Gasteiger charge is -2.42. The maximum absolute atomic E-state index is 12.8. The van der Waals surface area contributed by atoms with Crippen LogP contribution in [0.5, 0.6) is 5.75 Å². The highest BCUT2D eigenvalue weighted by Gasteiger charge is 2.36. The van der Waals surface area contributed by atoms with Crippen molar-refractivity contribution in [1.82, 2.24) is 14.5 Å². The first-order valence-corrected chi connectivity index (χ1v) is 7.98. The van der Waals surface area contributed by atoms with Crippen LogP contribution in [0.4, 0.5) is 0 Å². The van der Waals surface area contributed by atoms with Gasteiger partial charge in [-0.3, -0.25) is 9.36 Å². The van der Waals surface area contributed by atoms with E-state index in [4.69, 9.17) is 9.72 Å². The van der Waals surface area contributed by atoms with Crippen LogP contribution < -0.4 is 10.3 Å². The van der Waals surface area contributed by atoms with Gasteiger partial charge in [0.05, 0.1) is 18.0 Å². The minimum absolute atomic E-state index is 0.0920. The Kier molecular flexibility index (Phi) is 3.18. The molecule has 0 saturated carbocycles. The zero-order valence-electron chi connectivity index (χ0n) is 13.1. The molecule has 5 nitrogen and oxygen atoms in total. The molecule has 4 rings (SSSR count). The summed E-state index contributed by atoms with van der Waals surface area (Å²) in [5.41, 5.74) is 0.846. The molecular weight excluding hydrogens is 278 g/mol. The van der Waals surface area contributed by atoms with Gasteiger partial charge in [-0.1, -0.05) is 0 Å². The molecule has 2 aliphatic rings. The molecule has 22 heavy (non-hydrogen) atoms.